The van der Waals surface area contributed by atoms with E-state index in [-0.39, 0.29) is 11.4 Å². The average molecular weight is 308 g/mol. The number of halogens is 1. The highest BCUT2D eigenvalue weighted by atomic mass is 79.9. The fourth-order valence-electron chi connectivity index (χ4n) is 0.737. The Kier molecular flexibility index (Phi) is 5.56. The van der Waals surface area contributed by atoms with Crippen molar-refractivity contribution in [2.45, 2.75) is 18.2 Å². The zero-order chi connectivity index (χ0) is 11.4. The number of hydrogen-bond acceptors (Lipinski definition) is 4. The van der Waals surface area contributed by atoms with Gasteiger partial charge in [0, 0.05) is 17.6 Å². The van der Waals surface area contributed by atoms with Crippen molar-refractivity contribution in [2.24, 2.45) is 0 Å². The Labute approximate surface area is 93.4 Å². The van der Waals surface area contributed by atoms with E-state index in [9.17, 15) is 16.8 Å². The van der Waals surface area contributed by atoms with Crippen LogP contribution in [-0.4, -0.2) is 39.5 Å². The van der Waals surface area contributed by atoms with Crippen molar-refractivity contribution in [3.8, 4) is 0 Å². The lowest BCUT2D eigenvalue weighted by atomic mass is 10.3. The van der Waals surface area contributed by atoms with Crippen LogP contribution in [0.5, 0.6) is 0 Å². The Hall–Kier alpha value is 0.340. The fourth-order valence-corrected chi connectivity index (χ4v) is 3.98. The first kappa shape index (κ1) is 14.3. The molecule has 0 bridgehead atoms. The number of hydrogen-bond donors (Lipinski definition) is 1. The van der Waals surface area contributed by atoms with Crippen LogP contribution in [0.15, 0.2) is 0 Å². The highest BCUT2D eigenvalue weighted by Gasteiger charge is 2.17. The van der Waals surface area contributed by atoms with Crippen LogP contribution >= 0.6 is 15.9 Å². The Morgan fingerprint density at radius 1 is 1.29 bits per heavy atom. The van der Waals surface area contributed by atoms with Crippen LogP contribution in [-0.2, 0) is 19.9 Å². The Morgan fingerprint density at radius 3 is 2.14 bits per heavy atom. The maximum Gasteiger partial charge on any atom is 0.226 e. The van der Waals surface area contributed by atoms with E-state index in [1.165, 1.54) is 0 Å². The molecule has 0 aliphatic rings. The van der Waals surface area contributed by atoms with Crippen molar-refractivity contribution in [2.75, 3.05) is 17.9 Å². The number of nitrogens with one attached hydrogen (secondary N) is 1. The van der Waals surface area contributed by atoms with E-state index in [4.69, 9.17) is 0 Å². The lowest BCUT2D eigenvalue weighted by Gasteiger charge is -2.06. The maximum atomic E-state index is 11.1. The summed E-state index contributed by atoms with van der Waals surface area (Å²) in [6, 6.07) is 0. The van der Waals surface area contributed by atoms with E-state index < -0.39 is 24.9 Å². The standard InChI is InChI=1S/C6H14BrNO4S2/c1-6(7)3-4-8-14(11,12)5-13(2,9)10/h6,8H,3-5H2,1-2H3. The molecule has 0 amide bonds. The van der Waals surface area contributed by atoms with Crippen LogP contribution in [0, 0.1) is 0 Å². The summed E-state index contributed by atoms with van der Waals surface area (Å²) in [4.78, 5) is 0.198. The first-order valence-electron chi connectivity index (χ1n) is 3.91. The van der Waals surface area contributed by atoms with E-state index in [0.29, 0.717) is 6.42 Å². The van der Waals surface area contributed by atoms with Crippen LogP contribution in [0.2, 0.25) is 0 Å². The first-order valence-corrected chi connectivity index (χ1v) is 8.54. The molecule has 0 aliphatic carbocycles. The predicted molar refractivity (Wildman–Crippen MR) is 59.6 cm³/mol. The van der Waals surface area contributed by atoms with Gasteiger partial charge >= 0.3 is 0 Å². The molecule has 0 spiro atoms. The predicted octanol–water partition coefficient (Wildman–Crippen LogP) is 0.0814. The van der Waals surface area contributed by atoms with Gasteiger partial charge < -0.3 is 0 Å². The summed E-state index contributed by atoms with van der Waals surface area (Å²) in [5.74, 6) is 0. The Bertz CT molecular complexity index is 359. The molecule has 0 aromatic rings. The van der Waals surface area contributed by atoms with E-state index in [1.54, 1.807) is 0 Å². The zero-order valence-corrected chi connectivity index (χ0v) is 11.2. The van der Waals surface area contributed by atoms with E-state index in [0.717, 1.165) is 6.26 Å². The highest BCUT2D eigenvalue weighted by Crippen LogP contribution is 2.02. The van der Waals surface area contributed by atoms with Gasteiger partial charge in [-0.15, -0.1) is 0 Å². The molecule has 1 atom stereocenters. The molecule has 0 aromatic carbocycles. The monoisotopic (exact) mass is 307 g/mol. The smallest absolute Gasteiger partial charge is 0.226 e. The minimum absolute atomic E-state index is 0.198. The number of alkyl halides is 1. The van der Waals surface area contributed by atoms with Crippen molar-refractivity contribution in [3.63, 3.8) is 0 Å². The molecule has 5 nitrogen and oxygen atoms in total. The van der Waals surface area contributed by atoms with Gasteiger partial charge in [0.2, 0.25) is 10.0 Å². The van der Waals surface area contributed by atoms with E-state index >= 15 is 0 Å². The summed E-state index contributed by atoms with van der Waals surface area (Å²) in [7, 11) is -7.19. The van der Waals surface area contributed by atoms with Gasteiger partial charge in [0.1, 0.15) is 0 Å². The van der Waals surface area contributed by atoms with E-state index in [1.807, 2.05) is 6.92 Å². The molecule has 1 N–H and O–H groups in total. The molecular formula is C6H14BrNO4S2. The topological polar surface area (TPSA) is 80.3 Å². The molecule has 0 saturated carbocycles. The quantitative estimate of drug-likeness (QED) is 0.705. The van der Waals surface area contributed by atoms with Gasteiger partial charge in [-0.2, -0.15) is 0 Å². The average Bonchev–Trinajstić information content (AvgIpc) is 1.78. The molecule has 0 fully saturated rings. The Morgan fingerprint density at radius 2 is 1.79 bits per heavy atom. The third kappa shape index (κ3) is 8.92. The molecule has 0 radical (unpaired) electrons. The lowest BCUT2D eigenvalue weighted by molar-refractivity contribution is 0.579. The largest absolute Gasteiger partial charge is 0.228 e. The third-order valence-electron chi connectivity index (χ3n) is 1.23. The SMILES string of the molecule is CC(Br)CCNS(=O)(=O)CS(C)(=O)=O. The van der Waals surface area contributed by atoms with Gasteiger partial charge in [-0.05, 0) is 6.42 Å². The van der Waals surface area contributed by atoms with E-state index in [2.05, 4.69) is 20.7 Å². The van der Waals surface area contributed by atoms with Gasteiger partial charge in [0.25, 0.3) is 0 Å². The molecule has 14 heavy (non-hydrogen) atoms. The van der Waals surface area contributed by atoms with Gasteiger partial charge in [-0.1, -0.05) is 22.9 Å². The summed E-state index contributed by atoms with van der Waals surface area (Å²) in [5.41, 5.74) is 0. The number of sulfonamides is 1. The summed E-state index contributed by atoms with van der Waals surface area (Å²) in [6.07, 6.45) is 1.50. The third-order valence-corrected chi connectivity index (χ3v) is 5.29. The van der Waals surface area contributed by atoms with Crippen molar-refractivity contribution in [3.05, 3.63) is 0 Å². The highest BCUT2D eigenvalue weighted by molar-refractivity contribution is 9.09. The zero-order valence-electron chi connectivity index (χ0n) is 8.03. The molecule has 8 heteroatoms. The second kappa shape index (κ2) is 5.43. The van der Waals surface area contributed by atoms with Crippen LogP contribution < -0.4 is 4.72 Å². The van der Waals surface area contributed by atoms with Gasteiger partial charge in [0.05, 0.1) is 0 Å². The molecule has 86 valence electrons. The molecule has 0 heterocycles. The molecule has 0 aliphatic heterocycles. The molecule has 0 aromatic heterocycles. The summed E-state index contributed by atoms with van der Waals surface area (Å²) in [5, 5.41) is -0.851. The van der Waals surface area contributed by atoms with Crippen molar-refractivity contribution < 1.29 is 16.8 Å². The van der Waals surface area contributed by atoms with Crippen LogP contribution in [0.4, 0.5) is 0 Å². The first-order chi connectivity index (χ1) is 6.12. The molecule has 0 saturated heterocycles. The van der Waals surface area contributed by atoms with Gasteiger partial charge in [-0.25, -0.2) is 21.6 Å². The second-order valence-electron chi connectivity index (χ2n) is 3.12. The van der Waals surface area contributed by atoms with Crippen molar-refractivity contribution in [1.82, 2.24) is 4.72 Å². The minimum atomic E-state index is -3.69. The second-order valence-corrected chi connectivity index (χ2v) is 9.00. The summed E-state index contributed by atoms with van der Waals surface area (Å²) < 4.78 is 45.9. The molecular weight excluding hydrogens is 294 g/mol. The Balaban J connectivity index is 4.11. The minimum Gasteiger partial charge on any atom is -0.228 e. The van der Waals surface area contributed by atoms with Crippen LogP contribution in [0.1, 0.15) is 13.3 Å². The fraction of sp³-hybridized carbons (Fsp3) is 1.00. The molecule has 1 unspecified atom stereocenters. The van der Waals surface area contributed by atoms with Gasteiger partial charge in [0.15, 0.2) is 14.9 Å². The normalized spacial score (nSPS) is 15.4. The maximum absolute atomic E-state index is 11.1. The van der Waals surface area contributed by atoms with Gasteiger partial charge in [-0.3, -0.25) is 0 Å². The summed E-state index contributed by atoms with van der Waals surface area (Å²) >= 11 is 3.25. The van der Waals surface area contributed by atoms with Crippen molar-refractivity contribution >= 4 is 35.8 Å². The van der Waals surface area contributed by atoms with Crippen LogP contribution in [0.25, 0.3) is 0 Å². The lowest BCUT2D eigenvalue weighted by Crippen LogP contribution is -2.31. The molecule has 0 rings (SSSR count). The number of sulfone groups is 1. The number of rotatable bonds is 6. The summed E-state index contributed by atoms with van der Waals surface area (Å²) in [6.45, 7) is 2.12. The van der Waals surface area contributed by atoms with Crippen molar-refractivity contribution in [1.29, 1.82) is 0 Å². The van der Waals surface area contributed by atoms with Crippen LogP contribution in [0.3, 0.4) is 0 Å².